The summed E-state index contributed by atoms with van der Waals surface area (Å²) in [4.78, 5) is 16.4. The van der Waals surface area contributed by atoms with E-state index in [9.17, 15) is 4.79 Å². The first-order valence-electron chi connectivity index (χ1n) is 7.89. The van der Waals surface area contributed by atoms with E-state index in [4.69, 9.17) is 10.5 Å². The number of pyridine rings is 1. The molecule has 22 heavy (non-hydrogen) atoms. The second-order valence-corrected chi connectivity index (χ2v) is 5.83. The molecule has 1 fully saturated rings. The van der Waals surface area contributed by atoms with E-state index in [2.05, 4.69) is 10.3 Å². The van der Waals surface area contributed by atoms with Gasteiger partial charge in [0.25, 0.3) is 0 Å². The van der Waals surface area contributed by atoms with Crippen molar-refractivity contribution in [1.82, 2.24) is 10.3 Å². The van der Waals surface area contributed by atoms with E-state index < -0.39 is 0 Å². The van der Waals surface area contributed by atoms with Crippen molar-refractivity contribution in [2.75, 3.05) is 13.7 Å². The van der Waals surface area contributed by atoms with Gasteiger partial charge in [0.2, 0.25) is 5.78 Å². The van der Waals surface area contributed by atoms with Crippen molar-refractivity contribution in [3.63, 3.8) is 0 Å². The van der Waals surface area contributed by atoms with Crippen LogP contribution in [0.25, 0.3) is 0 Å². The molecule has 1 aromatic rings. The van der Waals surface area contributed by atoms with Crippen LogP contribution in [0.5, 0.6) is 5.75 Å². The lowest BCUT2D eigenvalue weighted by Gasteiger charge is -2.21. The standard InChI is InChI=1S/C17H25N3O2/c1-12(18)16(19-2)17(21)15-9-8-14(10-20-15)22-11-13-6-4-3-5-7-13/h8-10,13,19H,3-7,11,18H2,1-2H3/b16-12+. The number of ketones is 1. The first kappa shape index (κ1) is 16.3. The van der Waals surface area contributed by atoms with Gasteiger partial charge in [0, 0.05) is 12.7 Å². The number of rotatable bonds is 6. The second-order valence-electron chi connectivity index (χ2n) is 5.83. The number of likely N-dealkylation sites (N-methyl/N-ethyl adjacent to an activating group) is 1. The van der Waals surface area contributed by atoms with Gasteiger partial charge in [-0.1, -0.05) is 19.3 Å². The molecule has 1 aliphatic carbocycles. The number of hydrogen-bond acceptors (Lipinski definition) is 5. The Balaban J connectivity index is 1.95. The largest absolute Gasteiger partial charge is 0.492 e. The Morgan fingerprint density at radius 1 is 1.36 bits per heavy atom. The van der Waals surface area contributed by atoms with E-state index in [1.807, 2.05) is 0 Å². The molecule has 0 spiro atoms. The average Bonchev–Trinajstić information content (AvgIpc) is 2.54. The molecule has 0 atom stereocenters. The fourth-order valence-electron chi connectivity index (χ4n) is 2.79. The van der Waals surface area contributed by atoms with E-state index in [1.54, 1.807) is 32.3 Å². The minimum absolute atomic E-state index is 0.207. The minimum Gasteiger partial charge on any atom is -0.492 e. The smallest absolute Gasteiger partial charge is 0.228 e. The number of nitrogens with one attached hydrogen (secondary N) is 1. The van der Waals surface area contributed by atoms with E-state index in [0.29, 0.717) is 28.8 Å². The molecule has 5 nitrogen and oxygen atoms in total. The SMILES string of the molecule is CN/C(C(=O)c1ccc(OCC2CCCCC2)cn1)=C(\C)N. The van der Waals surface area contributed by atoms with Crippen molar-refractivity contribution >= 4 is 5.78 Å². The van der Waals surface area contributed by atoms with Gasteiger partial charge in [-0.15, -0.1) is 0 Å². The van der Waals surface area contributed by atoms with Gasteiger partial charge >= 0.3 is 0 Å². The Hall–Kier alpha value is -2.04. The topological polar surface area (TPSA) is 77.2 Å². The van der Waals surface area contributed by atoms with Crippen LogP contribution in [0, 0.1) is 5.92 Å². The van der Waals surface area contributed by atoms with Crippen LogP contribution in [0.15, 0.2) is 29.7 Å². The normalized spacial score (nSPS) is 16.8. The molecule has 1 aliphatic rings. The van der Waals surface area contributed by atoms with Crippen molar-refractivity contribution in [2.24, 2.45) is 11.7 Å². The van der Waals surface area contributed by atoms with Crippen molar-refractivity contribution in [2.45, 2.75) is 39.0 Å². The quantitative estimate of drug-likeness (QED) is 0.624. The van der Waals surface area contributed by atoms with Crippen LogP contribution < -0.4 is 15.8 Å². The summed E-state index contributed by atoms with van der Waals surface area (Å²) < 4.78 is 5.79. The molecule has 0 bridgehead atoms. The predicted octanol–water partition coefficient (Wildman–Crippen LogP) is 2.63. The van der Waals surface area contributed by atoms with E-state index in [0.717, 1.165) is 6.61 Å². The van der Waals surface area contributed by atoms with Crippen LogP contribution in [0.3, 0.4) is 0 Å². The molecule has 3 N–H and O–H groups in total. The number of hydrogen-bond donors (Lipinski definition) is 2. The van der Waals surface area contributed by atoms with Crippen molar-refractivity contribution < 1.29 is 9.53 Å². The molecular formula is C17H25N3O2. The van der Waals surface area contributed by atoms with Gasteiger partial charge < -0.3 is 15.8 Å². The second kappa shape index (κ2) is 7.82. The fraction of sp³-hybridized carbons (Fsp3) is 0.529. The number of carbonyl (C=O) groups excluding carboxylic acids is 1. The summed E-state index contributed by atoms with van der Waals surface area (Å²) in [5, 5.41) is 2.82. The molecule has 1 aromatic heterocycles. The lowest BCUT2D eigenvalue weighted by Crippen LogP contribution is -2.21. The van der Waals surface area contributed by atoms with Gasteiger partial charge in [0.15, 0.2) is 0 Å². The Morgan fingerprint density at radius 3 is 2.64 bits per heavy atom. The summed E-state index contributed by atoms with van der Waals surface area (Å²) in [6.07, 6.45) is 8.05. The van der Waals surface area contributed by atoms with Crippen LogP contribution in [0.2, 0.25) is 0 Å². The number of carbonyl (C=O) groups is 1. The van der Waals surface area contributed by atoms with Gasteiger partial charge in [-0.05, 0) is 37.8 Å². The Labute approximate surface area is 131 Å². The summed E-state index contributed by atoms with van der Waals surface area (Å²) in [5.41, 5.74) is 6.88. The molecule has 0 saturated heterocycles. The first-order valence-corrected chi connectivity index (χ1v) is 7.89. The Bertz CT molecular complexity index is 527. The highest BCUT2D eigenvalue weighted by molar-refractivity contribution is 6.07. The Kier molecular flexibility index (Phi) is 5.81. The van der Waals surface area contributed by atoms with Crippen LogP contribution in [0.1, 0.15) is 49.5 Å². The molecule has 0 aliphatic heterocycles. The van der Waals surface area contributed by atoms with Crippen molar-refractivity contribution in [3.05, 3.63) is 35.4 Å². The summed E-state index contributed by atoms with van der Waals surface area (Å²) in [7, 11) is 1.67. The fourth-order valence-corrected chi connectivity index (χ4v) is 2.79. The highest BCUT2D eigenvalue weighted by atomic mass is 16.5. The number of nitrogens with two attached hydrogens (primary N) is 1. The Morgan fingerprint density at radius 2 is 2.09 bits per heavy atom. The van der Waals surface area contributed by atoms with E-state index >= 15 is 0 Å². The van der Waals surface area contributed by atoms with Crippen molar-refractivity contribution in [1.29, 1.82) is 0 Å². The monoisotopic (exact) mass is 303 g/mol. The third kappa shape index (κ3) is 4.23. The zero-order valence-corrected chi connectivity index (χ0v) is 13.4. The molecule has 0 unspecified atom stereocenters. The number of aromatic nitrogens is 1. The third-order valence-electron chi connectivity index (χ3n) is 4.05. The molecular weight excluding hydrogens is 278 g/mol. The minimum atomic E-state index is -0.207. The van der Waals surface area contributed by atoms with E-state index in [1.165, 1.54) is 32.1 Å². The summed E-state index contributed by atoms with van der Waals surface area (Å²) in [6, 6.07) is 3.47. The summed E-state index contributed by atoms with van der Waals surface area (Å²) in [5.74, 6) is 1.15. The zero-order valence-electron chi connectivity index (χ0n) is 13.4. The van der Waals surface area contributed by atoms with Crippen LogP contribution in [-0.2, 0) is 0 Å². The number of ether oxygens (including phenoxy) is 1. The van der Waals surface area contributed by atoms with Crippen molar-refractivity contribution in [3.8, 4) is 5.75 Å². The molecule has 0 radical (unpaired) electrons. The zero-order chi connectivity index (χ0) is 15.9. The highest BCUT2D eigenvalue weighted by Gasteiger charge is 2.16. The third-order valence-corrected chi connectivity index (χ3v) is 4.05. The molecule has 1 saturated carbocycles. The van der Waals surface area contributed by atoms with E-state index in [-0.39, 0.29) is 5.78 Å². The lowest BCUT2D eigenvalue weighted by atomic mass is 9.90. The van der Waals surface area contributed by atoms with Gasteiger partial charge in [0.1, 0.15) is 17.1 Å². The summed E-state index contributed by atoms with van der Waals surface area (Å²) >= 11 is 0. The average molecular weight is 303 g/mol. The van der Waals surface area contributed by atoms with Crippen LogP contribution >= 0.6 is 0 Å². The number of allylic oxidation sites excluding steroid dienone is 2. The molecule has 2 rings (SSSR count). The van der Waals surface area contributed by atoms with Gasteiger partial charge in [-0.3, -0.25) is 4.79 Å². The lowest BCUT2D eigenvalue weighted by molar-refractivity contribution is 0.102. The van der Waals surface area contributed by atoms with Crippen LogP contribution in [-0.4, -0.2) is 24.4 Å². The van der Waals surface area contributed by atoms with Gasteiger partial charge in [-0.2, -0.15) is 0 Å². The highest BCUT2D eigenvalue weighted by Crippen LogP contribution is 2.24. The molecule has 1 heterocycles. The van der Waals surface area contributed by atoms with Gasteiger partial charge in [-0.25, -0.2) is 4.98 Å². The maximum Gasteiger partial charge on any atom is 0.228 e. The number of nitrogens with zero attached hydrogens (tertiary/aromatic N) is 1. The molecule has 5 heteroatoms. The molecule has 0 aromatic carbocycles. The maximum atomic E-state index is 12.2. The predicted molar refractivity (Wildman–Crippen MR) is 86.6 cm³/mol. The van der Waals surface area contributed by atoms with Gasteiger partial charge in [0.05, 0.1) is 12.8 Å². The van der Waals surface area contributed by atoms with Crippen LogP contribution in [0.4, 0.5) is 0 Å². The number of Topliss-reactive ketones (excluding diaryl/α,β-unsaturated/α-hetero) is 1. The maximum absolute atomic E-state index is 12.2. The molecule has 120 valence electrons. The molecule has 0 amide bonds. The first-order chi connectivity index (χ1) is 10.6. The summed E-state index contributed by atoms with van der Waals surface area (Å²) in [6.45, 7) is 2.42.